The fourth-order valence-electron chi connectivity index (χ4n) is 1.51. The first kappa shape index (κ1) is 12.9. The Kier molecular flexibility index (Phi) is 3.29. The van der Waals surface area contributed by atoms with E-state index in [2.05, 4.69) is 15.2 Å². The van der Waals surface area contributed by atoms with Gasteiger partial charge in [-0.25, -0.2) is 4.68 Å². The van der Waals surface area contributed by atoms with E-state index in [1.807, 2.05) is 0 Å². The number of halogens is 2. The summed E-state index contributed by atoms with van der Waals surface area (Å²) in [5.74, 6) is 0.580. The van der Waals surface area contributed by atoms with Crippen LogP contribution in [0.2, 0.25) is 10.0 Å². The fraction of sp³-hybridized carbons (Fsp3) is 0.0909. The number of rotatable bonds is 3. The highest BCUT2D eigenvalue weighted by Crippen LogP contribution is 2.17. The van der Waals surface area contributed by atoms with Crippen LogP contribution in [0.5, 0.6) is 0 Å². The average Bonchev–Trinajstić information content (AvgIpc) is 3.10. The zero-order valence-electron chi connectivity index (χ0n) is 9.79. The van der Waals surface area contributed by atoms with E-state index in [0.717, 1.165) is 4.68 Å². The molecule has 3 aromatic rings. The van der Waals surface area contributed by atoms with E-state index >= 15 is 0 Å². The summed E-state index contributed by atoms with van der Waals surface area (Å²) < 4.78 is 11.0. The maximum absolute atomic E-state index is 11.8. The molecule has 0 aliphatic carbocycles. The first-order valence-corrected chi connectivity index (χ1v) is 6.17. The summed E-state index contributed by atoms with van der Waals surface area (Å²) in [6.07, 6.45) is 4.26. The Morgan fingerprint density at radius 1 is 1.35 bits per heavy atom. The van der Waals surface area contributed by atoms with E-state index in [4.69, 9.17) is 32.1 Å². The smallest absolute Gasteiger partial charge is 0.287 e. The summed E-state index contributed by atoms with van der Waals surface area (Å²) in [5, 5.41) is 7.62. The number of nitrogens with zero attached hydrogens (tertiary/aromatic N) is 4. The number of hydrogen-bond acceptors (Lipinski definition) is 6. The predicted molar refractivity (Wildman–Crippen MR) is 69.6 cm³/mol. The van der Waals surface area contributed by atoms with E-state index in [9.17, 15) is 4.79 Å². The standard InChI is InChI=1S/C11H6Cl2N4O3/c12-7-3-14-17(11(18)9(7)13)4-8-15-10(16-20-8)6-1-2-19-5-6/h1-3,5H,4H2. The van der Waals surface area contributed by atoms with Gasteiger partial charge in [0.2, 0.25) is 11.7 Å². The summed E-state index contributed by atoms with van der Waals surface area (Å²) in [4.78, 5) is 15.9. The van der Waals surface area contributed by atoms with Crippen LogP contribution in [-0.2, 0) is 6.54 Å². The fourth-order valence-corrected chi connectivity index (χ4v) is 1.78. The topological polar surface area (TPSA) is 87.0 Å². The molecule has 0 atom stereocenters. The summed E-state index contributed by atoms with van der Waals surface area (Å²) in [7, 11) is 0. The van der Waals surface area contributed by atoms with Crippen molar-refractivity contribution >= 4 is 23.2 Å². The van der Waals surface area contributed by atoms with E-state index in [1.165, 1.54) is 18.7 Å². The highest BCUT2D eigenvalue weighted by molar-refractivity contribution is 6.41. The van der Waals surface area contributed by atoms with Crippen LogP contribution < -0.4 is 5.56 Å². The molecule has 0 bridgehead atoms. The second-order valence-electron chi connectivity index (χ2n) is 3.79. The maximum atomic E-state index is 11.8. The molecule has 0 aliphatic heterocycles. The van der Waals surface area contributed by atoms with Gasteiger partial charge in [0.1, 0.15) is 17.8 Å². The molecule has 7 nitrogen and oxygen atoms in total. The van der Waals surface area contributed by atoms with Gasteiger partial charge in [0.15, 0.2) is 0 Å². The van der Waals surface area contributed by atoms with Crippen LogP contribution in [0, 0.1) is 0 Å². The van der Waals surface area contributed by atoms with Crippen LogP contribution >= 0.6 is 23.2 Å². The zero-order valence-corrected chi connectivity index (χ0v) is 11.3. The molecule has 0 fully saturated rings. The molecule has 0 aromatic carbocycles. The maximum Gasteiger partial charge on any atom is 0.287 e. The molecule has 3 heterocycles. The Balaban J connectivity index is 1.89. The van der Waals surface area contributed by atoms with Crippen molar-refractivity contribution in [3.8, 4) is 11.4 Å². The molecule has 0 spiro atoms. The number of furan rings is 1. The summed E-state index contributed by atoms with van der Waals surface area (Å²) in [6.45, 7) is 0.000569. The third kappa shape index (κ3) is 2.33. The Morgan fingerprint density at radius 3 is 2.95 bits per heavy atom. The second-order valence-corrected chi connectivity index (χ2v) is 4.58. The van der Waals surface area contributed by atoms with Gasteiger partial charge >= 0.3 is 0 Å². The molecule has 102 valence electrons. The van der Waals surface area contributed by atoms with Crippen molar-refractivity contribution in [1.82, 2.24) is 19.9 Å². The zero-order chi connectivity index (χ0) is 14.1. The highest BCUT2D eigenvalue weighted by Gasteiger charge is 2.13. The van der Waals surface area contributed by atoms with Crippen molar-refractivity contribution in [2.75, 3.05) is 0 Å². The van der Waals surface area contributed by atoms with Crippen molar-refractivity contribution in [3.05, 3.63) is 51.1 Å². The lowest BCUT2D eigenvalue weighted by Gasteiger charge is -2.01. The first-order valence-electron chi connectivity index (χ1n) is 5.41. The normalized spacial score (nSPS) is 10.9. The summed E-state index contributed by atoms with van der Waals surface area (Å²) in [6, 6.07) is 1.69. The summed E-state index contributed by atoms with van der Waals surface area (Å²) >= 11 is 11.4. The van der Waals surface area contributed by atoms with Gasteiger partial charge in [-0.05, 0) is 6.07 Å². The minimum absolute atomic E-state index is 0.000569. The van der Waals surface area contributed by atoms with Crippen LogP contribution in [0.4, 0.5) is 0 Å². The Morgan fingerprint density at radius 2 is 2.20 bits per heavy atom. The van der Waals surface area contributed by atoms with Crippen LogP contribution in [0.15, 0.2) is 38.5 Å². The monoisotopic (exact) mass is 312 g/mol. The minimum atomic E-state index is -0.526. The molecule has 0 N–H and O–H groups in total. The van der Waals surface area contributed by atoms with Gasteiger partial charge in [-0.2, -0.15) is 10.1 Å². The minimum Gasteiger partial charge on any atom is -0.472 e. The molecular formula is C11H6Cl2N4O3. The Bertz CT molecular complexity index is 794. The molecule has 0 unspecified atom stereocenters. The van der Waals surface area contributed by atoms with Crippen LogP contribution in [0.1, 0.15) is 5.89 Å². The lowest BCUT2D eigenvalue weighted by Crippen LogP contribution is -2.23. The first-order chi connectivity index (χ1) is 9.65. The molecular weight excluding hydrogens is 307 g/mol. The van der Waals surface area contributed by atoms with Gasteiger partial charge in [0.05, 0.1) is 23.0 Å². The molecule has 0 amide bonds. The van der Waals surface area contributed by atoms with E-state index < -0.39 is 5.56 Å². The SMILES string of the molecule is O=c1c(Cl)c(Cl)cnn1Cc1nc(-c2ccoc2)no1. The lowest BCUT2D eigenvalue weighted by atomic mass is 10.3. The molecule has 3 aromatic heterocycles. The molecule has 20 heavy (non-hydrogen) atoms. The van der Waals surface area contributed by atoms with Crippen molar-refractivity contribution < 1.29 is 8.94 Å². The van der Waals surface area contributed by atoms with E-state index in [-0.39, 0.29) is 22.5 Å². The second kappa shape index (κ2) is 5.10. The summed E-state index contributed by atoms with van der Waals surface area (Å²) in [5.41, 5.74) is 0.150. The Labute approximate surface area is 121 Å². The van der Waals surface area contributed by atoms with Gasteiger partial charge in [-0.3, -0.25) is 4.79 Å². The van der Waals surface area contributed by atoms with Crippen LogP contribution in [-0.4, -0.2) is 19.9 Å². The molecule has 0 radical (unpaired) electrons. The molecule has 3 rings (SSSR count). The largest absolute Gasteiger partial charge is 0.472 e. The molecule has 9 heteroatoms. The van der Waals surface area contributed by atoms with Gasteiger partial charge in [-0.15, -0.1) is 0 Å². The van der Waals surface area contributed by atoms with Crippen molar-refractivity contribution in [2.24, 2.45) is 0 Å². The van der Waals surface area contributed by atoms with Gasteiger partial charge in [-0.1, -0.05) is 28.4 Å². The molecule has 0 aliphatic rings. The predicted octanol–water partition coefficient (Wildman–Crippen LogP) is 2.24. The number of hydrogen-bond donors (Lipinski definition) is 0. The third-order valence-electron chi connectivity index (χ3n) is 2.47. The van der Waals surface area contributed by atoms with Crippen LogP contribution in [0.25, 0.3) is 11.4 Å². The van der Waals surface area contributed by atoms with Crippen molar-refractivity contribution in [1.29, 1.82) is 0 Å². The Hall–Kier alpha value is -2.12. The van der Waals surface area contributed by atoms with Crippen LogP contribution in [0.3, 0.4) is 0 Å². The molecule has 0 saturated carbocycles. The highest BCUT2D eigenvalue weighted by atomic mass is 35.5. The van der Waals surface area contributed by atoms with E-state index in [1.54, 1.807) is 6.07 Å². The third-order valence-corrected chi connectivity index (χ3v) is 3.22. The van der Waals surface area contributed by atoms with Crippen molar-refractivity contribution in [2.45, 2.75) is 6.54 Å². The van der Waals surface area contributed by atoms with Crippen molar-refractivity contribution in [3.63, 3.8) is 0 Å². The lowest BCUT2D eigenvalue weighted by molar-refractivity contribution is 0.363. The van der Waals surface area contributed by atoms with Gasteiger partial charge in [0, 0.05) is 0 Å². The molecule has 0 saturated heterocycles. The number of aromatic nitrogens is 4. The average molecular weight is 313 g/mol. The van der Waals surface area contributed by atoms with Gasteiger partial charge < -0.3 is 8.94 Å². The quantitative estimate of drug-likeness (QED) is 0.737. The van der Waals surface area contributed by atoms with Gasteiger partial charge in [0.25, 0.3) is 5.56 Å². The van der Waals surface area contributed by atoms with E-state index in [0.29, 0.717) is 11.4 Å².